The van der Waals surface area contributed by atoms with E-state index < -0.39 is 0 Å². The number of carbonyl (C=O) groups is 3. The Bertz CT molecular complexity index is 868. The van der Waals surface area contributed by atoms with Crippen LogP contribution in [-0.4, -0.2) is 35.0 Å². The van der Waals surface area contributed by atoms with Gasteiger partial charge in [0.15, 0.2) is 5.11 Å². The lowest BCUT2D eigenvalue weighted by Crippen LogP contribution is -2.42. The molecule has 29 heavy (non-hydrogen) atoms. The van der Waals surface area contributed by atoms with Crippen molar-refractivity contribution in [1.82, 2.24) is 10.6 Å². The fourth-order valence-electron chi connectivity index (χ4n) is 3.66. The van der Waals surface area contributed by atoms with Gasteiger partial charge < -0.3 is 20.3 Å². The summed E-state index contributed by atoms with van der Waals surface area (Å²) >= 11 is 5.22. The maximum absolute atomic E-state index is 12.9. The van der Waals surface area contributed by atoms with Crippen LogP contribution >= 0.6 is 12.2 Å². The van der Waals surface area contributed by atoms with Crippen molar-refractivity contribution in [2.24, 2.45) is 5.92 Å². The third kappa shape index (κ3) is 4.64. The van der Waals surface area contributed by atoms with Gasteiger partial charge in [-0.05, 0) is 63.5 Å². The summed E-state index contributed by atoms with van der Waals surface area (Å²) < 4.78 is 5.10. The Morgan fingerprint density at radius 2 is 1.93 bits per heavy atom. The largest absolute Gasteiger partial charge is 0.462 e. The normalized spacial score (nSPS) is 24.0. The third-order valence-electron chi connectivity index (χ3n) is 5.35. The number of para-hydroxylation sites is 1. The second kappa shape index (κ2) is 8.73. The number of rotatable bonds is 5. The molecule has 2 amide bonds. The predicted octanol–water partition coefficient (Wildman–Crippen LogP) is 2.42. The van der Waals surface area contributed by atoms with Gasteiger partial charge in [-0.2, -0.15) is 0 Å². The Kier molecular flexibility index (Phi) is 6.32. The van der Waals surface area contributed by atoms with Crippen molar-refractivity contribution in [1.29, 1.82) is 0 Å². The summed E-state index contributed by atoms with van der Waals surface area (Å²) in [5.41, 5.74) is 2.02. The van der Waals surface area contributed by atoms with E-state index in [0.717, 1.165) is 11.3 Å². The highest BCUT2D eigenvalue weighted by Crippen LogP contribution is 2.29. The van der Waals surface area contributed by atoms with Crippen molar-refractivity contribution < 1.29 is 19.1 Å². The van der Waals surface area contributed by atoms with E-state index in [1.54, 1.807) is 4.90 Å². The summed E-state index contributed by atoms with van der Waals surface area (Å²) in [4.78, 5) is 38.4. The fourth-order valence-corrected chi connectivity index (χ4v) is 3.88. The third-order valence-corrected chi connectivity index (χ3v) is 5.56. The first-order chi connectivity index (χ1) is 13.8. The van der Waals surface area contributed by atoms with E-state index in [0.29, 0.717) is 18.5 Å². The molecule has 1 aromatic carbocycles. The molecule has 3 atom stereocenters. The number of carbonyl (C=O) groups excluding carboxylic acids is 3. The van der Waals surface area contributed by atoms with E-state index in [2.05, 4.69) is 10.6 Å². The zero-order chi connectivity index (χ0) is 21.1. The maximum Gasteiger partial charge on any atom is 0.309 e. The molecular weight excluding hydrogens is 390 g/mol. The van der Waals surface area contributed by atoms with Gasteiger partial charge in [-0.1, -0.05) is 18.2 Å². The molecule has 8 heteroatoms. The van der Waals surface area contributed by atoms with Crippen LogP contribution < -0.4 is 15.5 Å². The number of hydrogen-bond donors (Lipinski definition) is 2. The summed E-state index contributed by atoms with van der Waals surface area (Å²) in [6, 6.07) is 9.27. The number of anilines is 1. The molecule has 0 bridgehead atoms. The number of benzene rings is 1. The smallest absolute Gasteiger partial charge is 0.309 e. The lowest BCUT2D eigenvalue weighted by Gasteiger charge is -2.23. The molecule has 1 aromatic rings. The highest BCUT2D eigenvalue weighted by Gasteiger charge is 2.36. The number of amides is 2. The van der Waals surface area contributed by atoms with Crippen molar-refractivity contribution in [3.8, 4) is 0 Å². The van der Waals surface area contributed by atoms with E-state index in [4.69, 9.17) is 17.0 Å². The van der Waals surface area contributed by atoms with Crippen molar-refractivity contribution in [2.75, 3.05) is 4.90 Å². The molecule has 2 N–H and O–H groups in total. The predicted molar refractivity (Wildman–Crippen MR) is 113 cm³/mol. The standard InChI is InChI=1S/C21H25N3O4S/c1-12-11-15(20(27)28-12)9-10-17(25)22-21(29)23-18-13(2)14(3)24(19(18)26)16-7-5-4-6-8-16/h4-8,12,14-15H,9-11H2,1-3H3,(H2,22,23,25,29)/t12-,14+,15-/m0/s1. The maximum atomic E-state index is 12.9. The Balaban J connectivity index is 1.55. The van der Waals surface area contributed by atoms with E-state index in [9.17, 15) is 14.4 Å². The molecule has 2 heterocycles. The molecule has 0 saturated carbocycles. The quantitative estimate of drug-likeness (QED) is 0.567. The Hall–Kier alpha value is -2.74. The van der Waals surface area contributed by atoms with Gasteiger partial charge in [0, 0.05) is 12.1 Å². The Morgan fingerprint density at radius 3 is 2.55 bits per heavy atom. The molecule has 2 aliphatic rings. The monoisotopic (exact) mass is 415 g/mol. The molecule has 0 spiro atoms. The first-order valence-electron chi connectivity index (χ1n) is 9.68. The molecular formula is C21H25N3O4S. The molecule has 7 nitrogen and oxygen atoms in total. The van der Waals surface area contributed by atoms with Crippen LogP contribution in [0.2, 0.25) is 0 Å². The van der Waals surface area contributed by atoms with Crippen molar-refractivity contribution in [3.05, 3.63) is 41.6 Å². The van der Waals surface area contributed by atoms with Gasteiger partial charge in [-0.15, -0.1) is 0 Å². The van der Waals surface area contributed by atoms with Crippen LogP contribution in [0.1, 0.15) is 40.0 Å². The number of ether oxygens (including phenoxy) is 1. The van der Waals surface area contributed by atoms with Gasteiger partial charge >= 0.3 is 5.97 Å². The van der Waals surface area contributed by atoms with Crippen molar-refractivity contribution in [2.45, 2.75) is 52.2 Å². The minimum Gasteiger partial charge on any atom is -0.462 e. The number of thiocarbonyl (C=S) groups is 1. The molecule has 0 aliphatic carbocycles. The summed E-state index contributed by atoms with van der Waals surface area (Å²) in [6.07, 6.45) is 1.10. The summed E-state index contributed by atoms with van der Waals surface area (Å²) in [6.45, 7) is 5.65. The zero-order valence-corrected chi connectivity index (χ0v) is 17.5. The van der Waals surface area contributed by atoms with E-state index in [-0.39, 0.29) is 47.4 Å². The van der Waals surface area contributed by atoms with Gasteiger partial charge in [0.1, 0.15) is 5.70 Å². The van der Waals surface area contributed by atoms with E-state index in [1.807, 2.05) is 51.1 Å². The fraction of sp³-hybridized carbons (Fsp3) is 0.429. The molecule has 1 saturated heterocycles. The van der Waals surface area contributed by atoms with Crippen molar-refractivity contribution in [3.63, 3.8) is 0 Å². The summed E-state index contributed by atoms with van der Waals surface area (Å²) in [7, 11) is 0. The Morgan fingerprint density at radius 1 is 1.24 bits per heavy atom. The van der Waals surface area contributed by atoms with Gasteiger partial charge in [0.05, 0.1) is 18.1 Å². The number of cyclic esters (lactones) is 1. The lowest BCUT2D eigenvalue weighted by atomic mass is 9.99. The first kappa shape index (κ1) is 21.0. The number of nitrogens with zero attached hydrogens (tertiary/aromatic N) is 1. The molecule has 154 valence electrons. The minimum atomic E-state index is -0.300. The topological polar surface area (TPSA) is 87.7 Å². The summed E-state index contributed by atoms with van der Waals surface area (Å²) in [5, 5.41) is 5.54. The molecule has 0 radical (unpaired) electrons. The second-order valence-electron chi connectivity index (χ2n) is 7.47. The molecule has 3 rings (SSSR count). The van der Waals surface area contributed by atoms with Crippen LogP contribution in [0, 0.1) is 5.92 Å². The SMILES string of the molecule is CC1=C(NC(=S)NC(=O)CC[C@H]2C[C@H](C)OC2=O)C(=O)N(c2ccccc2)[C@@H]1C. The molecule has 2 aliphatic heterocycles. The second-order valence-corrected chi connectivity index (χ2v) is 7.87. The first-order valence-corrected chi connectivity index (χ1v) is 10.1. The minimum absolute atomic E-state index is 0.0715. The van der Waals surface area contributed by atoms with Crippen molar-refractivity contribution >= 4 is 40.8 Å². The van der Waals surface area contributed by atoms with Gasteiger partial charge in [0.2, 0.25) is 5.91 Å². The molecule has 1 fully saturated rings. The highest BCUT2D eigenvalue weighted by atomic mass is 32.1. The highest BCUT2D eigenvalue weighted by molar-refractivity contribution is 7.80. The van der Waals surface area contributed by atoms with Crippen LogP contribution in [0.3, 0.4) is 0 Å². The van der Waals surface area contributed by atoms with Crippen LogP contribution in [0.15, 0.2) is 41.6 Å². The van der Waals surface area contributed by atoms with Gasteiger partial charge in [-0.3, -0.25) is 14.4 Å². The Labute approximate surface area is 175 Å². The molecule has 0 unspecified atom stereocenters. The number of nitrogens with one attached hydrogen (secondary N) is 2. The summed E-state index contributed by atoms with van der Waals surface area (Å²) in [5.74, 6) is -0.996. The number of esters is 1. The average Bonchev–Trinajstić information content (AvgIpc) is 3.11. The number of hydrogen-bond acceptors (Lipinski definition) is 5. The van der Waals surface area contributed by atoms with E-state index in [1.165, 1.54) is 0 Å². The molecule has 0 aromatic heterocycles. The van der Waals surface area contributed by atoms with Gasteiger partial charge in [-0.25, -0.2) is 0 Å². The van der Waals surface area contributed by atoms with Crippen LogP contribution in [0.4, 0.5) is 5.69 Å². The lowest BCUT2D eigenvalue weighted by molar-refractivity contribution is -0.144. The van der Waals surface area contributed by atoms with E-state index >= 15 is 0 Å². The zero-order valence-electron chi connectivity index (χ0n) is 16.7. The van der Waals surface area contributed by atoms with Crippen LogP contribution in [0.5, 0.6) is 0 Å². The van der Waals surface area contributed by atoms with Gasteiger partial charge in [0.25, 0.3) is 5.91 Å². The van der Waals surface area contributed by atoms with Crippen LogP contribution in [-0.2, 0) is 19.1 Å². The average molecular weight is 416 g/mol. The van der Waals surface area contributed by atoms with Crippen LogP contribution in [0.25, 0.3) is 0 Å².